The number of carboxylic acids is 1. The summed E-state index contributed by atoms with van der Waals surface area (Å²) in [5.74, 6) is -2.77. The van der Waals surface area contributed by atoms with Crippen LogP contribution in [-0.2, 0) is 32.0 Å². The number of carbonyl (C=O) groups excluding carboxylic acids is 3. The summed E-state index contributed by atoms with van der Waals surface area (Å²) in [6.07, 6.45) is 2.99. The van der Waals surface area contributed by atoms with Crippen molar-refractivity contribution in [1.29, 1.82) is 0 Å². The fraction of sp³-hybridized carbons (Fsp3) is 0.357. The minimum Gasteiger partial charge on any atom is -0.508 e. The minimum atomic E-state index is -1.23. The molecule has 1 aliphatic heterocycles. The first kappa shape index (κ1) is 29.0. The van der Waals surface area contributed by atoms with Crippen LogP contribution in [0, 0.1) is 0 Å². The van der Waals surface area contributed by atoms with E-state index in [9.17, 15) is 29.4 Å². The van der Waals surface area contributed by atoms with Gasteiger partial charge >= 0.3 is 5.97 Å². The number of thiol groups is 1. The first-order chi connectivity index (χ1) is 19.2. The first-order valence-corrected chi connectivity index (χ1v) is 13.6. The third-order valence-electron chi connectivity index (χ3n) is 7.08. The summed E-state index contributed by atoms with van der Waals surface area (Å²) in [4.78, 5) is 55.8. The highest BCUT2D eigenvalue weighted by Crippen LogP contribution is 2.21. The maximum Gasteiger partial charge on any atom is 0.326 e. The minimum absolute atomic E-state index is 0.0438. The van der Waals surface area contributed by atoms with Crippen molar-refractivity contribution in [3.8, 4) is 5.75 Å². The number of H-pyrrole nitrogens is 1. The van der Waals surface area contributed by atoms with Gasteiger partial charge in [-0.1, -0.05) is 30.3 Å². The number of aromatic nitrogens is 1. The van der Waals surface area contributed by atoms with E-state index in [0.29, 0.717) is 19.4 Å². The predicted molar refractivity (Wildman–Crippen MR) is 152 cm³/mol. The Morgan fingerprint density at radius 2 is 1.77 bits per heavy atom. The molecule has 1 aliphatic rings. The van der Waals surface area contributed by atoms with Gasteiger partial charge in [-0.3, -0.25) is 14.4 Å². The highest BCUT2D eigenvalue weighted by atomic mass is 32.1. The van der Waals surface area contributed by atoms with Gasteiger partial charge in [0.1, 0.15) is 23.9 Å². The SMILES string of the molecule is NC(Cc1ccc(O)cc1)C(=O)N1CCCC1C(=O)NC(CS)C(=O)NC(Cc1c[nH]c2ccccc12)C(=O)O. The summed E-state index contributed by atoms with van der Waals surface area (Å²) in [6.45, 7) is 0.351. The molecule has 0 aliphatic carbocycles. The van der Waals surface area contributed by atoms with Crippen LogP contribution in [-0.4, -0.2) is 80.3 Å². The molecular formula is C28H33N5O6S. The molecule has 3 amide bonds. The molecule has 3 aromatic rings. The van der Waals surface area contributed by atoms with Crippen LogP contribution >= 0.6 is 12.6 Å². The highest BCUT2D eigenvalue weighted by Gasteiger charge is 2.37. The van der Waals surface area contributed by atoms with Crippen LogP contribution in [0.5, 0.6) is 5.75 Å². The summed E-state index contributed by atoms with van der Waals surface area (Å²) in [7, 11) is 0. The average Bonchev–Trinajstić information content (AvgIpc) is 3.59. The Labute approximate surface area is 236 Å². The zero-order chi connectivity index (χ0) is 28.8. The summed E-state index contributed by atoms with van der Waals surface area (Å²) in [5, 5.41) is 25.2. The van der Waals surface area contributed by atoms with Crippen LogP contribution in [0.15, 0.2) is 54.7 Å². The number of phenolic OH excluding ortho intramolecular Hbond substituents is 1. The van der Waals surface area contributed by atoms with Crippen molar-refractivity contribution in [2.24, 2.45) is 5.73 Å². The Hall–Kier alpha value is -4.03. The van der Waals surface area contributed by atoms with Gasteiger partial charge < -0.3 is 36.5 Å². The number of nitrogens with zero attached hydrogens (tertiary/aromatic N) is 1. The number of para-hydroxylation sites is 1. The lowest BCUT2D eigenvalue weighted by molar-refractivity contribution is -0.142. The molecule has 12 heteroatoms. The lowest BCUT2D eigenvalue weighted by Crippen LogP contribution is -2.57. The molecule has 4 atom stereocenters. The zero-order valence-electron chi connectivity index (χ0n) is 21.7. The number of nitrogens with one attached hydrogen (secondary N) is 3. The molecule has 2 heterocycles. The van der Waals surface area contributed by atoms with Gasteiger partial charge in [0.15, 0.2) is 0 Å². The topological polar surface area (TPSA) is 178 Å². The monoisotopic (exact) mass is 567 g/mol. The van der Waals surface area contributed by atoms with Crippen LogP contribution in [0.25, 0.3) is 10.9 Å². The van der Waals surface area contributed by atoms with E-state index in [1.165, 1.54) is 17.0 Å². The molecule has 40 heavy (non-hydrogen) atoms. The van der Waals surface area contributed by atoms with Crippen LogP contribution in [0.4, 0.5) is 0 Å². The van der Waals surface area contributed by atoms with E-state index in [-0.39, 0.29) is 30.3 Å². The number of aromatic amines is 1. The van der Waals surface area contributed by atoms with Crippen LogP contribution in [0.1, 0.15) is 24.0 Å². The van der Waals surface area contributed by atoms with Crippen molar-refractivity contribution >= 4 is 47.2 Å². The number of rotatable bonds is 11. The number of likely N-dealkylation sites (tertiary alicyclic amines) is 1. The Kier molecular flexibility index (Phi) is 9.33. The molecule has 4 unspecified atom stereocenters. The molecule has 1 aromatic heterocycles. The van der Waals surface area contributed by atoms with Gasteiger partial charge in [0.2, 0.25) is 17.7 Å². The normalized spacial score (nSPS) is 17.2. The van der Waals surface area contributed by atoms with Crippen molar-refractivity contribution in [2.75, 3.05) is 12.3 Å². The van der Waals surface area contributed by atoms with E-state index in [0.717, 1.165) is 22.0 Å². The molecular weight excluding hydrogens is 534 g/mol. The molecule has 2 aromatic carbocycles. The third-order valence-corrected chi connectivity index (χ3v) is 7.44. The number of carbonyl (C=O) groups is 4. The summed E-state index contributed by atoms with van der Waals surface area (Å²) < 4.78 is 0. The molecule has 11 nitrogen and oxygen atoms in total. The van der Waals surface area contributed by atoms with Gasteiger partial charge in [0.25, 0.3) is 0 Å². The van der Waals surface area contributed by atoms with Gasteiger partial charge in [-0.25, -0.2) is 4.79 Å². The maximum atomic E-state index is 13.2. The maximum absolute atomic E-state index is 13.2. The van der Waals surface area contributed by atoms with E-state index in [1.807, 2.05) is 24.3 Å². The van der Waals surface area contributed by atoms with E-state index in [4.69, 9.17) is 5.73 Å². The van der Waals surface area contributed by atoms with E-state index >= 15 is 0 Å². The number of phenols is 1. The zero-order valence-corrected chi connectivity index (χ0v) is 22.6. The number of fused-ring (bicyclic) bond motifs is 1. The number of aliphatic carboxylic acids is 1. The third kappa shape index (κ3) is 6.75. The Balaban J connectivity index is 1.37. The van der Waals surface area contributed by atoms with Crippen molar-refractivity contribution in [3.63, 3.8) is 0 Å². The van der Waals surface area contributed by atoms with Crippen molar-refractivity contribution in [1.82, 2.24) is 20.5 Å². The van der Waals surface area contributed by atoms with E-state index in [1.54, 1.807) is 18.3 Å². The first-order valence-electron chi connectivity index (χ1n) is 13.0. The number of carboxylic acid groups (broad SMARTS) is 1. The standard InChI is InChI=1S/C28H33N5O6S/c29-20(12-16-7-9-18(34)10-8-16)27(37)33-11-3-6-24(33)26(36)32-23(15-40)25(35)31-22(28(38)39)13-17-14-30-21-5-2-1-4-19(17)21/h1-2,4-5,7-10,14,20,22-24,30,34,40H,3,6,11-13,15,29H2,(H,31,35)(H,32,36)(H,38,39). The van der Waals surface area contributed by atoms with Crippen molar-refractivity contribution in [2.45, 2.75) is 49.9 Å². The Morgan fingerprint density at radius 1 is 1.05 bits per heavy atom. The van der Waals surface area contributed by atoms with Crippen molar-refractivity contribution in [3.05, 3.63) is 65.9 Å². The molecule has 0 spiro atoms. The van der Waals surface area contributed by atoms with Gasteiger partial charge in [-0.05, 0) is 48.6 Å². The molecule has 1 saturated heterocycles. The number of hydrogen-bond acceptors (Lipinski definition) is 7. The van der Waals surface area contributed by atoms with Gasteiger partial charge in [0.05, 0.1) is 6.04 Å². The molecule has 4 rings (SSSR count). The summed E-state index contributed by atoms with van der Waals surface area (Å²) in [6, 6.07) is 9.79. The molecule has 0 radical (unpaired) electrons. The lowest BCUT2D eigenvalue weighted by Gasteiger charge is -2.28. The lowest BCUT2D eigenvalue weighted by atomic mass is 10.0. The second-order valence-corrected chi connectivity index (χ2v) is 10.2. The van der Waals surface area contributed by atoms with E-state index in [2.05, 4.69) is 28.2 Å². The number of hydrogen-bond donors (Lipinski definition) is 7. The molecule has 7 N–H and O–H groups in total. The molecule has 0 saturated carbocycles. The Bertz CT molecular complexity index is 1380. The fourth-order valence-electron chi connectivity index (χ4n) is 4.94. The highest BCUT2D eigenvalue weighted by molar-refractivity contribution is 7.80. The van der Waals surface area contributed by atoms with Gasteiger partial charge in [-0.2, -0.15) is 12.6 Å². The van der Waals surface area contributed by atoms with Crippen LogP contribution in [0.3, 0.4) is 0 Å². The second kappa shape index (κ2) is 12.9. The fourth-order valence-corrected chi connectivity index (χ4v) is 5.20. The number of aromatic hydroxyl groups is 1. The smallest absolute Gasteiger partial charge is 0.326 e. The van der Waals surface area contributed by atoms with Crippen LogP contribution in [0.2, 0.25) is 0 Å². The predicted octanol–water partition coefficient (Wildman–Crippen LogP) is 0.961. The van der Waals surface area contributed by atoms with Crippen molar-refractivity contribution < 1.29 is 29.4 Å². The number of nitrogens with two attached hydrogens (primary N) is 1. The number of amides is 3. The molecule has 0 bridgehead atoms. The Morgan fingerprint density at radius 3 is 2.48 bits per heavy atom. The average molecular weight is 568 g/mol. The van der Waals surface area contributed by atoms with Crippen LogP contribution < -0.4 is 16.4 Å². The largest absolute Gasteiger partial charge is 0.508 e. The number of benzene rings is 2. The second-order valence-electron chi connectivity index (χ2n) is 9.87. The molecule has 212 valence electrons. The van der Waals surface area contributed by atoms with Gasteiger partial charge in [0, 0.05) is 35.8 Å². The quantitative estimate of drug-likeness (QED) is 0.169. The summed E-state index contributed by atoms with van der Waals surface area (Å²) in [5.41, 5.74) is 8.52. The van der Waals surface area contributed by atoms with E-state index < -0.39 is 42.0 Å². The van der Waals surface area contributed by atoms with Gasteiger partial charge in [-0.15, -0.1) is 0 Å². The molecule has 1 fully saturated rings. The summed E-state index contributed by atoms with van der Waals surface area (Å²) >= 11 is 4.20.